The monoisotopic (exact) mass is 297 g/mol. The maximum atomic E-state index is 10.4. The molecule has 5 nitrogen and oxygen atoms in total. The van der Waals surface area contributed by atoms with Gasteiger partial charge in [0.25, 0.3) is 0 Å². The topological polar surface area (TPSA) is 77.1 Å². The molecule has 5 heteroatoms. The number of likely N-dealkylation sites (tertiary alicyclic amines) is 1. The number of quaternary nitrogens is 1. The molecular weight excluding hydrogens is 276 g/mol. The maximum Gasteiger partial charge on any atom is 0.169 e. The first-order chi connectivity index (χ1) is 10.7. The van der Waals surface area contributed by atoms with Gasteiger partial charge in [0.15, 0.2) is 11.6 Å². The summed E-state index contributed by atoms with van der Waals surface area (Å²) < 4.78 is 0. The molecule has 3 N–H and O–H groups in total. The standard InChI is InChI=1S/C17H20N4O/c1-12-5-4-8-21(10-12)11-16(22)13(9-18)17-19-14-6-2-3-7-15(14)20-17/h2-3,6-7,12,22H,4-5,8,10-11H2,1H3,(H,19,20)/p+1/b16-13-/t12-/m0/s1. The van der Waals surface area contributed by atoms with E-state index in [2.05, 4.69) is 23.0 Å². The maximum absolute atomic E-state index is 10.4. The molecule has 1 fully saturated rings. The molecule has 2 heterocycles. The van der Waals surface area contributed by atoms with Crippen LogP contribution in [-0.2, 0) is 0 Å². The number of imidazole rings is 1. The first-order valence-electron chi connectivity index (χ1n) is 7.78. The van der Waals surface area contributed by atoms with Crippen molar-refractivity contribution in [2.24, 2.45) is 5.92 Å². The summed E-state index contributed by atoms with van der Waals surface area (Å²) in [5.41, 5.74) is 1.93. The molecule has 3 rings (SSSR count). The molecular formula is C17H21N4O+. The summed E-state index contributed by atoms with van der Waals surface area (Å²) in [7, 11) is 0. The fourth-order valence-electron chi connectivity index (χ4n) is 3.21. The Morgan fingerprint density at radius 1 is 1.50 bits per heavy atom. The van der Waals surface area contributed by atoms with E-state index in [0.717, 1.165) is 24.1 Å². The number of aromatic nitrogens is 2. The molecule has 1 unspecified atom stereocenters. The Morgan fingerprint density at radius 3 is 3.05 bits per heavy atom. The molecule has 0 aliphatic carbocycles. The number of nitrogens with zero attached hydrogens (tertiary/aromatic N) is 2. The number of allylic oxidation sites excluding steroid dienone is 1. The van der Waals surface area contributed by atoms with E-state index < -0.39 is 0 Å². The van der Waals surface area contributed by atoms with E-state index in [-0.39, 0.29) is 11.3 Å². The van der Waals surface area contributed by atoms with Crippen LogP contribution in [0.3, 0.4) is 0 Å². The zero-order valence-corrected chi connectivity index (χ0v) is 12.8. The molecule has 0 spiro atoms. The van der Waals surface area contributed by atoms with Crippen molar-refractivity contribution < 1.29 is 10.0 Å². The SMILES string of the molecule is C[C@H]1CCC[NH+](C/C(O)=C(\C#N)c2nc3ccccc3[nH]2)C1. The number of aliphatic hydroxyl groups excluding tert-OH is 1. The third kappa shape index (κ3) is 2.97. The number of hydrogen-bond acceptors (Lipinski definition) is 3. The van der Waals surface area contributed by atoms with Crippen LogP contribution in [0, 0.1) is 17.2 Å². The van der Waals surface area contributed by atoms with Crippen molar-refractivity contribution in [1.82, 2.24) is 9.97 Å². The van der Waals surface area contributed by atoms with E-state index in [1.54, 1.807) is 0 Å². The summed E-state index contributed by atoms with van der Waals surface area (Å²) in [6, 6.07) is 9.72. The molecule has 1 aromatic carbocycles. The van der Waals surface area contributed by atoms with Gasteiger partial charge in [0, 0.05) is 5.92 Å². The Balaban J connectivity index is 1.86. The van der Waals surface area contributed by atoms with Gasteiger partial charge in [-0.1, -0.05) is 19.1 Å². The highest BCUT2D eigenvalue weighted by Gasteiger charge is 2.23. The second-order valence-electron chi connectivity index (χ2n) is 6.16. The van der Waals surface area contributed by atoms with E-state index in [9.17, 15) is 10.4 Å². The van der Waals surface area contributed by atoms with Crippen LogP contribution in [-0.4, -0.2) is 34.7 Å². The number of rotatable bonds is 3. The van der Waals surface area contributed by atoms with Gasteiger partial charge in [0.1, 0.15) is 18.2 Å². The highest BCUT2D eigenvalue weighted by atomic mass is 16.3. The fourth-order valence-corrected chi connectivity index (χ4v) is 3.21. The van der Waals surface area contributed by atoms with E-state index in [1.807, 2.05) is 24.3 Å². The van der Waals surface area contributed by atoms with Crippen molar-refractivity contribution in [2.45, 2.75) is 19.8 Å². The third-order valence-electron chi connectivity index (χ3n) is 4.31. The lowest BCUT2D eigenvalue weighted by atomic mass is 10.00. The second-order valence-corrected chi connectivity index (χ2v) is 6.16. The highest BCUT2D eigenvalue weighted by Crippen LogP contribution is 2.18. The zero-order valence-electron chi connectivity index (χ0n) is 12.8. The van der Waals surface area contributed by atoms with Crippen LogP contribution in [0.25, 0.3) is 16.6 Å². The summed E-state index contributed by atoms with van der Waals surface area (Å²) in [4.78, 5) is 8.85. The quantitative estimate of drug-likeness (QED) is 0.596. The Hall–Kier alpha value is -2.32. The lowest BCUT2D eigenvalue weighted by molar-refractivity contribution is -0.905. The first kappa shape index (κ1) is 14.6. The summed E-state index contributed by atoms with van der Waals surface area (Å²) in [6.45, 7) is 4.82. The highest BCUT2D eigenvalue weighted by molar-refractivity contribution is 5.82. The number of nitriles is 1. The van der Waals surface area contributed by atoms with Gasteiger partial charge < -0.3 is 15.0 Å². The minimum Gasteiger partial charge on any atom is -0.506 e. The number of hydrogen-bond donors (Lipinski definition) is 3. The second kappa shape index (κ2) is 6.20. The zero-order chi connectivity index (χ0) is 15.5. The number of benzene rings is 1. The van der Waals surface area contributed by atoms with Crippen LogP contribution >= 0.6 is 0 Å². The minimum absolute atomic E-state index is 0.130. The summed E-state index contributed by atoms with van der Waals surface area (Å²) in [5, 5.41) is 19.8. The van der Waals surface area contributed by atoms with Crippen LogP contribution < -0.4 is 4.90 Å². The van der Waals surface area contributed by atoms with Crippen LogP contribution in [0.5, 0.6) is 0 Å². The predicted octanol–water partition coefficient (Wildman–Crippen LogP) is 1.67. The van der Waals surface area contributed by atoms with Crippen LogP contribution in [0.2, 0.25) is 0 Å². The number of aromatic amines is 1. The molecule has 0 radical (unpaired) electrons. The van der Waals surface area contributed by atoms with Gasteiger partial charge in [-0.25, -0.2) is 4.98 Å². The normalized spacial score (nSPS) is 23.1. The summed E-state index contributed by atoms with van der Waals surface area (Å²) in [6.07, 6.45) is 2.43. The van der Waals surface area contributed by atoms with Gasteiger partial charge in [-0.2, -0.15) is 5.26 Å². The first-order valence-corrected chi connectivity index (χ1v) is 7.78. The van der Waals surface area contributed by atoms with Crippen molar-refractivity contribution in [1.29, 1.82) is 5.26 Å². The number of para-hydroxylation sites is 2. The van der Waals surface area contributed by atoms with E-state index >= 15 is 0 Å². The number of nitrogens with one attached hydrogen (secondary N) is 2. The molecule has 1 saturated heterocycles. The molecule has 2 atom stereocenters. The Bertz CT molecular complexity index is 707. The lowest BCUT2D eigenvalue weighted by Gasteiger charge is -2.27. The average molecular weight is 297 g/mol. The number of aliphatic hydroxyl groups is 1. The lowest BCUT2D eigenvalue weighted by Crippen LogP contribution is -3.13. The van der Waals surface area contributed by atoms with E-state index in [4.69, 9.17) is 0 Å². The summed E-state index contributed by atoms with van der Waals surface area (Å²) >= 11 is 0. The van der Waals surface area contributed by atoms with Gasteiger partial charge in [-0.05, 0) is 25.0 Å². The molecule has 0 amide bonds. The summed E-state index contributed by atoms with van der Waals surface area (Å²) in [5.74, 6) is 1.25. The smallest absolute Gasteiger partial charge is 0.169 e. The molecule has 114 valence electrons. The van der Waals surface area contributed by atoms with Crippen molar-refractivity contribution in [2.75, 3.05) is 19.6 Å². The van der Waals surface area contributed by atoms with E-state index in [0.29, 0.717) is 18.3 Å². The molecule has 1 aliphatic rings. The van der Waals surface area contributed by atoms with Gasteiger partial charge in [-0.3, -0.25) is 0 Å². The van der Waals surface area contributed by atoms with Crippen molar-refractivity contribution in [3.63, 3.8) is 0 Å². The molecule has 0 saturated carbocycles. The molecule has 1 aliphatic heterocycles. The number of fused-ring (bicyclic) bond motifs is 1. The van der Waals surface area contributed by atoms with E-state index in [1.165, 1.54) is 17.7 Å². The van der Waals surface area contributed by atoms with Crippen LogP contribution in [0.1, 0.15) is 25.6 Å². The number of piperidine rings is 1. The largest absolute Gasteiger partial charge is 0.506 e. The molecule has 1 aromatic heterocycles. The van der Waals surface area contributed by atoms with Gasteiger partial charge in [0.2, 0.25) is 0 Å². The Kier molecular flexibility index (Phi) is 4.12. The fraction of sp³-hybridized carbons (Fsp3) is 0.412. The molecule has 0 bridgehead atoms. The predicted molar refractivity (Wildman–Crippen MR) is 85.2 cm³/mol. The van der Waals surface area contributed by atoms with Crippen LogP contribution in [0.4, 0.5) is 0 Å². The van der Waals surface area contributed by atoms with Crippen molar-refractivity contribution in [3.8, 4) is 6.07 Å². The molecule has 2 aromatic rings. The Morgan fingerprint density at radius 2 is 2.32 bits per heavy atom. The van der Waals surface area contributed by atoms with Crippen LogP contribution in [0.15, 0.2) is 30.0 Å². The van der Waals surface area contributed by atoms with Gasteiger partial charge in [-0.15, -0.1) is 0 Å². The van der Waals surface area contributed by atoms with Crippen molar-refractivity contribution in [3.05, 3.63) is 35.8 Å². The minimum atomic E-state index is 0.130. The van der Waals surface area contributed by atoms with Gasteiger partial charge in [0.05, 0.1) is 24.1 Å². The third-order valence-corrected chi connectivity index (χ3v) is 4.31. The average Bonchev–Trinajstić information content (AvgIpc) is 2.91. The molecule has 22 heavy (non-hydrogen) atoms. The van der Waals surface area contributed by atoms with Crippen molar-refractivity contribution >= 4 is 16.6 Å². The van der Waals surface area contributed by atoms with Gasteiger partial charge >= 0.3 is 0 Å². The number of H-pyrrole nitrogens is 1. The Labute approximate surface area is 129 Å².